The SMILES string of the molecule is C=CCCC[C@H](C)OC(=O)CC(C=C)O[Si](C)(C)C(C)(C)C. The number of carbonyl (C=O) groups is 1. The molecule has 0 aliphatic carbocycles. The molecule has 0 aliphatic rings. The molecule has 0 aromatic rings. The Balaban J connectivity index is 4.41. The average molecular weight is 327 g/mol. The molecule has 0 spiro atoms. The molecule has 0 fully saturated rings. The van der Waals surface area contributed by atoms with Gasteiger partial charge in [-0.1, -0.05) is 32.9 Å². The topological polar surface area (TPSA) is 35.5 Å². The molecular weight excluding hydrogens is 292 g/mol. The van der Waals surface area contributed by atoms with Gasteiger partial charge in [0.1, 0.15) is 0 Å². The number of esters is 1. The highest BCUT2D eigenvalue weighted by atomic mass is 28.4. The van der Waals surface area contributed by atoms with E-state index in [0.717, 1.165) is 19.3 Å². The summed E-state index contributed by atoms with van der Waals surface area (Å²) in [6, 6.07) is 0. The van der Waals surface area contributed by atoms with E-state index in [2.05, 4.69) is 47.0 Å². The molecule has 0 N–H and O–H groups in total. The van der Waals surface area contributed by atoms with Crippen LogP contribution in [0.25, 0.3) is 0 Å². The lowest BCUT2D eigenvalue weighted by molar-refractivity contribution is -0.150. The first-order valence-corrected chi connectivity index (χ1v) is 11.0. The van der Waals surface area contributed by atoms with Crippen molar-refractivity contribution in [3.63, 3.8) is 0 Å². The number of ether oxygens (including phenoxy) is 1. The summed E-state index contributed by atoms with van der Waals surface area (Å²) < 4.78 is 11.7. The Morgan fingerprint density at radius 3 is 2.32 bits per heavy atom. The normalized spacial score (nSPS) is 15.0. The highest BCUT2D eigenvalue weighted by molar-refractivity contribution is 6.74. The molecule has 0 amide bonds. The van der Waals surface area contributed by atoms with E-state index >= 15 is 0 Å². The minimum atomic E-state index is -1.91. The van der Waals surface area contributed by atoms with Crippen molar-refractivity contribution in [1.82, 2.24) is 0 Å². The van der Waals surface area contributed by atoms with Crippen molar-refractivity contribution < 1.29 is 14.0 Å². The van der Waals surface area contributed by atoms with Crippen molar-refractivity contribution in [2.24, 2.45) is 0 Å². The lowest BCUT2D eigenvalue weighted by atomic mass is 10.2. The number of unbranched alkanes of at least 4 members (excludes halogenated alkanes) is 1. The minimum absolute atomic E-state index is 0.0641. The molecule has 0 radical (unpaired) electrons. The Labute approximate surface area is 137 Å². The van der Waals surface area contributed by atoms with Crippen molar-refractivity contribution in [2.75, 3.05) is 0 Å². The smallest absolute Gasteiger partial charge is 0.308 e. The molecule has 0 saturated carbocycles. The van der Waals surface area contributed by atoms with Gasteiger partial charge < -0.3 is 9.16 Å². The van der Waals surface area contributed by atoms with E-state index in [0.29, 0.717) is 0 Å². The molecule has 22 heavy (non-hydrogen) atoms. The first kappa shape index (κ1) is 21.1. The fraction of sp³-hybridized carbons (Fsp3) is 0.722. The van der Waals surface area contributed by atoms with Crippen LogP contribution in [0.3, 0.4) is 0 Å². The molecule has 0 aromatic carbocycles. The van der Waals surface area contributed by atoms with E-state index < -0.39 is 8.32 Å². The fourth-order valence-corrected chi connectivity index (χ4v) is 3.06. The number of allylic oxidation sites excluding steroid dienone is 1. The van der Waals surface area contributed by atoms with Gasteiger partial charge in [0.25, 0.3) is 0 Å². The summed E-state index contributed by atoms with van der Waals surface area (Å²) in [5.74, 6) is -0.213. The average Bonchev–Trinajstić information content (AvgIpc) is 2.36. The second kappa shape index (κ2) is 9.31. The number of hydrogen-bond acceptors (Lipinski definition) is 3. The van der Waals surface area contributed by atoms with Gasteiger partial charge in [-0.05, 0) is 44.3 Å². The van der Waals surface area contributed by atoms with Crippen molar-refractivity contribution in [3.8, 4) is 0 Å². The number of hydrogen-bond donors (Lipinski definition) is 0. The van der Waals surface area contributed by atoms with Gasteiger partial charge in [-0.2, -0.15) is 0 Å². The maximum absolute atomic E-state index is 12.0. The van der Waals surface area contributed by atoms with Gasteiger partial charge in [-0.25, -0.2) is 0 Å². The van der Waals surface area contributed by atoms with Crippen LogP contribution >= 0.6 is 0 Å². The fourth-order valence-electron chi connectivity index (χ4n) is 1.77. The first-order valence-electron chi connectivity index (χ1n) is 8.14. The summed E-state index contributed by atoms with van der Waals surface area (Å²) in [4.78, 5) is 12.0. The Bertz CT molecular complexity index is 369. The van der Waals surface area contributed by atoms with Crippen molar-refractivity contribution >= 4 is 14.3 Å². The van der Waals surface area contributed by atoms with E-state index in [-0.39, 0.29) is 29.6 Å². The molecule has 3 nitrogen and oxygen atoms in total. The van der Waals surface area contributed by atoms with E-state index in [1.54, 1.807) is 6.08 Å². The van der Waals surface area contributed by atoms with Crippen LogP contribution in [-0.2, 0) is 14.0 Å². The second-order valence-electron chi connectivity index (χ2n) is 7.38. The van der Waals surface area contributed by atoms with Gasteiger partial charge in [-0.15, -0.1) is 13.2 Å². The van der Waals surface area contributed by atoms with Crippen molar-refractivity contribution in [3.05, 3.63) is 25.3 Å². The maximum Gasteiger partial charge on any atom is 0.308 e. The largest absolute Gasteiger partial charge is 0.463 e. The zero-order valence-corrected chi connectivity index (χ0v) is 16.3. The highest BCUT2D eigenvalue weighted by Crippen LogP contribution is 2.37. The quantitative estimate of drug-likeness (QED) is 0.238. The van der Waals surface area contributed by atoms with E-state index in [1.165, 1.54) is 0 Å². The van der Waals surface area contributed by atoms with Crippen LogP contribution < -0.4 is 0 Å². The zero-order chi connectivity index (χ0) is 17.4. The summed E-state index contributed by atoms with van der Waals surface area (Å²) >= 11 is 0. The zero-order valence-electron chi connectivity index (χ0n) is 15.3. The Morgan fingerprint density at radius 2 is 1.86 bits per heavy atom. The third-order valence-corrected chi connectivity index (χ3v) is 8.74. The van der Waals surface area contributed by atoms with Crippen molar-refractivity contribution in [1.29, 1.82) is 0 Å². The molecule has 0 aromatic heterocycles. The van der Waals surface area contributed by atoms with Crippen LogP contribution in [0.4, 0.5) is 0 Å². The summed E-state index contributed by atoms with van der Waals surface area (Å²) in [6.07, 6.45) is 6.30. The standard InChI is InChI=1S/C18H34O3Si/c1-9-11-12-13-15(3)20-17(19)14-16(10-2)21-22(7,8)18(4,5)6/h9-10,15-16H,1-2,11-14H2,3-8H3/t15-,16?/m0/s1. The van der Waals surface area contributed by atoms with Gasteiger partial charge >= 0.3 is 5.97 Å². The molecule has 0 aliphatic heterocycles. The summed E-state index contributed by atoms with van der Waals surface area (Å²) in [5, 5.41) is 0.107. The van der Waals surface area contributed by atoms with E-state index in [4.69, 9.17) is 9.16 Å². The Kier molecular flexibility index (Phi) is 8.94. The summed E-state index contributed by atoms with van der Waals surface area (Å²) in [7, 11) is -1.91. The second-order valence-corrected chi connectivity index (χ2v) is 12.1. The van der Waals surface area contributed by atoms with Crippen LogP contribution in [0.1, 0.15) is 53.4 Å². The molecule has 0 bridgehead atoms. The van der Waals surface area contributed by atoms with Gasteiger partial charge in [0, 0.05) is 0 Å². The van der Waals surface area contributed by atoms with Crippen LogP contribution in [0.5, 0.6) is 0 Å². The van der Waals surface area contributed by atoms with Gasteiger partial charge in [0.2, 0.25) is 0 Å². The van der Waals surface area contributed by atoms with Gasteiger partial charge in [-0.3, -0.25) is 4.79 Å². The van der Waals surface area contributed by atoms with E-state index in [1.807, 2.05) is 13.0 Å². The Hall–Kier alpha value is -0.873. The molecule has 0 rings (SSSR count). The Morgan fingerprint density at radius 1 is 1.27 bits per heavy atom. The highest BCUT2D eigenvalue weighted by Gasteiger charge is 2.39. The van der Waals surface area contributed by atoms with Crippen LogP contribution in [0, 0.1) is 0 Å². The molecule has 0 saturated heterocycles. The van der Waals surface area contributed by atoms with Gasteiger partial charge in [0.05, 0.1) is 18.6 Å². The minimum Gasteiger partial charge on any atom is -0.463 e. The monoisotopic (exact) mass is 326 g/mol. The molecule has 2 atom stereocenters. The first-order chi connectivity index (χ1) is 10.0. The lowest BCUT2D eigenvalue weighted by Crippen LogP contribution is -2.44. The van der Waals surface area contributed by atoms with Crippen molar-refractivity contribution in [2.45, 2.75) is 83.7 Å². The third-order valence-electron chi connectivity index (χ3n) is 4.23. The number of carbonyl (C=O) groups excluding carboxylic acids is 1. The van der Waals surface area contributed by atoms with Crippen LogP contribution in [0.15, 0.2) is 25.3 Å². The molecule has 0 heterocycles. The summed E-state index contributed by atoms with van der Waals surface area (Å²) in [6.45, 7) is 20.3. The molecule has 4 heteroatoms. The van der Waals surface area contributed by atoms with Crippen LogP contribution in [-0.4, -0.2) is 26.5 Å². The maximum atomic E-state index is 12.0. The predicted octanol–water partition coefficient (Wildman–Crippen LogP) is 5.24. The molecule has 128 valence electrons. The third kappa shape index (κ3) is 7.94. The van der Waals surface area contributed by atoms with E-state index in [9.17, 15) is 4.79 Å². The van der Waals surface area contributed by atoms with Crippen LogP contribution in [0.2, 0.25) is 18.1 Å². The number of rotatable bonds is 10. The lowest BCUT2D eigenvalue weighted by Gasteiger charge is -2.38. The predicted molar refractivity (Wildman–Crippen MR) is 96.5 cm³/mol. The summed E-state index contributed by atoms with van der Waals surface area (Å²) in [5.41, 5.74) is 0. The molecular formula is C18H34O3Si. The van der Waals surface area contributed by atoms with Gasteiger partial charge in [0.15, 0.2) is 8.32 Å². The molecule has 1 unspecified atom stereocenters.